The Labute approximate surface area is 159 Å². The number of nitrogens with one attached hydrogen (secondary N) is 2. The topological polar surface area (TPSA) is 62.5 Å². The third-order valence-corrected chi connectivity index (χ3v) is 4.29. The monoisotopic (exact) mass is 448 g/mol. The number of furan rings is 1. The first-order valence-corrected chi connectivity index (χ1v) is 8.54. The number of hydrogen-bond donors (Lipinski definition) is 2. The summed E-state index contributed by atoms with van der Waals surface area (Å²) >= 11 is 1.79. The Morgan fingerprint density at radius 3 is 2.78 bits per heavy atom. The smallest absolute Gasteiger partial charge is 0.191 e. The Kier molecular flexibility index (Phi) is 9.23. The molecule has 0 bridgehead atoms. The lowest BCUT2D eigenvalue weighted by atomic mass is 10.3. The van der Waals surface area contributed by atoms with Crippen LogP contribution in [-0.4, -0.2) is 24.0 Å². The third-order valence-electron chi connectivity index (χ3n) is 3.22. The van der Waals surface area contributed by atoms with Gasteiger partial charge in [-0.25, -0.2) is 9.98 Å². The number of rotatable bonds is 7. The second-order valence-corrected chi connectivity index (χ2v) is 6.20. The molecule has 128 valence electrons. The molecule has 2 N–H and O–H groups in total. The van der Waals surface area contributed by atoms with Crippen molar-refractivity contribution in [2.75, 3.05) is 13.1 Å². The molecule has 0 unspecified atom stereocenters. The molecule has 0 aliphatic carbocycles. The number of aliphatic imine (C=N–C) groups is 1. The highest BCUT2D eigenvalue weighted by Gasteiger charge is 2.06. The fourth-order valence-electron chi connectivity index (χ4n) is 2.11. The number of aryl methyl sites for hydroxylation is 2. The van der Waals surface area contributed by atoms with E-state index in [0.29, 0.717) is 6.54 Å². The minimum atomic E-state index is 0. The van der Waals surface area contributed by atoms with Crippen molar-refractivity contribution in [1.29, 1.82) is 0 Å². The number of aromatic nitrogens is 1. The van der Waals surface area contributed by atoms with Crippen molar-refractivity contribution in [3.63, 3.8) is 0 Å². The van der Waals surface area contributed by atoms with Gasteiger partial charge >= 0.3 is 0 Å². The van der Waals surface area contributed by atoms with E-state index >= 15 is 0 Å². The zero-order chi connectivity index (χ0) is 15.8. The summed E-state index contributed by atoms with van der Waals surface area (Å²) in [6.45, 7) is 8.54. The SMILES string of the molecule is CCNC(=NCc1ccco1)NCCc1nc(CC)c(C)s1.I. The van der Waals surface area contributed by atoms with Gasteiger partial charge in [-0.05, 0) is 32.4 Å². The first-order valence-electron chi connectivity index (χ1n) is 7.72. The molecule has 2 aromatic rings. The van der Waals surface area contributed by atoms with E-state index in [1.54, 1.807) is 17.6 Å². The summed E-state index contributed by atoms with van der Waals surface area (Å²) < 4.78 is 5.29. The average molecular weight is 448 g/mol. The molecule has 0 saturated carbocycles. The van der Waals surface area contributed by atoms with Gasteiger partial charge in [0.2, 0.25) is 0 Å². The van der Waals surface area contributed by atoms with Gasteiger partial charge in [-0.15, -0.1) is 35.3 Å². The van der Waals surface area contributed by atoms with Crippen LogP contribution in [0.25, 0.3) is 0 Å². The van der Waals surface area contributed by atoms with Crippen molar-refractivity contribution in [2.24, 2.45) is 4.99 Å². The molecule has 0 spiro atoms. The number of nitrogens with zero attached hydrogens (tertiary/aromatic N) is 2. The highest BCUT2D eigenvalue weighted by atomic mass is 127. The molecule has 5 nitrogen and oxygen atoms in total. The van der Waals surface area contributed by atoms with Gasteiger partial charge in [0.15, 0.2) is 5.96 Å². The molecule has 2 rings (SSSR count). The van der Waals surface area contributed by atoms with Crippen LogP contribution in [0.5, 0.6) is 0 Å². The van der Waals surface area contributed by atoms with Crippen LogP contribution < -0.4 is 10.6 Å². The van der Waals surface area contributed by atoms with Gasteiger partial charge in [-0.1, -0.05) is 6.92 Å². The Bertz CT molecular complexity index is 595. The lowest BCUT2D eigenvalue weighted by molar-refractivity contribution is 0.512. The minimum Gasteiger partial charge on any atom is -0.467 e. The van der Waals surface area contributed by atoms with Crippen molar-refractivity contribution in [1.82, 2.24) is 15.6 Å². The molecule has 0 aromatic carbocycles. The molecular weight excluding hydrogens is 423 g/mol. The van der Waals surface area contributed by atoms with Gasteiger partial charge in [-0.2, -0.15) is 0 Å². The van der Waals surface area contributed by atoms with Gasteiger partial charge in [-0.3, -0.25) is 0 Å². The van der Waals surface area contributed by atoms with Gasteiger partial charge < -0.3 is 15.1 Å². The number of halogens is 1. The first-order chi connectivity index (χ1) is 10.7. The van der Waals surface area contributed by atoms with Crippen molar-refractivity contribution in [3.8, 4) is 0 Å². The van der Waals surface area contributed by atoms with Gasteiger partial charge in [0.1, 0.15) is 12.3 Å². The highest BCUT2D eigenvalue weighted by Crippen LogP contribution is 2.17. The summed E-state index contributed by atoms with van der Waals surface area (Å²) in [4.78, 5) is 10.5. The predicted molar refractivity (Wildman–Crippen MR) is 107 cm³/mol. The van der Waals surface area contributed by atoms with Crippen molar-refractivity contribution in [3.05, 3.63) is 39.7 Å². The quantitative estimate of drug-likeness (QED) is 0.387. The van der Waals surface area contributed by atoms with Crippen molar-refractivity contribution in [2.45, 2.75) is 40.2 Å². The average Bonchev–Trinajstić information content (AvgIpc) is 3.14. The molecule has 0 aliphatic rings. The molecule has 0 fully saturated rings. The Morgan fingerprint density at radius 2 is 2.17 bits per heavy atom. The van der Waals surface area contributed by atoms with Crippen LogP contribution in [-0.2, 0) is 19.4 Å². The van der Waals surface area contributed by atoms with Gasteiger partial charge in [0.05, 0.1) is 17.0 Å². The van der Waals surface area contributed by atoms with Crippen LogP contribution in [0, 0.1) is 6.92 Å². The largest absolute Gasteiger partial charge is 0.467 e. The van der Waals surface area contributed by atoms with E-state index < -0.39 is 0 Å². The molecule has 23 heavy (non-hydrogen) atoms. The van der Waals surface area contributed by atoms with E-state index in [2.05, 4.69) is 41.4 Å². The van der Waals surface area contributed by atoms with E-state index in [1.165, 1.54) is 15.6 Å². The van der Waals surface area contributed by atoms with E-state index in [1.807, 2.05) is 12.1 Å². The highest BCUT2D eigenvalue weighted by molar-refractivity contribution is 14.0. The van der Waals surface area contributed by atoms with Gasteiger partial charge in [0.25, 0.3) is 0 Å². The molecular formula is C16H25IN4OS. The molecule has 0 saturated heterocycles. The summed E-state index contributed by atoms with van der Waals surface area (Å²) in [6, 6.07) is 3.80. The Hall–Kier alpha value is -1.09. The second-order valence-electron chi connectivity index (χ2n) is 4.92. The zero-order valence-electron chi connectivity index (χ0n) is 13.9. The van der Waals surface area contributed by atoms with Crippen molar-refractivity contribution < 1.29 is 4.42 Å². The summed E-state index contributed by atoms with van der Waals surface area (Å²) in [7, 11) is 0. The summed E-state index contributed by atoms with van der Waals surface area (Å²) in [5.74, 6) is 1.67. The number of thiazole rings is 1. The molecule has 2 heterocycles. The van der Waals surface area contributed by atoms with E-state index in [9.17, 15) is 0 Å². The number of guanidine groups is 1. The Morgan fingerprint density at radius 1 is 1.35 bits per heavy atom. The molecule has 0 aliphatic heterocycles. The van der Waals surface area contributed by atoms with Crippen molar-refractivity contribution >= 4 is 41.3 Å². The van der Waals surface area contributed by atoms with Crippen LogP contribution in [0.3, 0.4) is 0 Å². The maximum atomic E-state index is 5.29. The molecule has 2 aromatic heterocycles. The maximum absolute atomic E-state index is 5.29. The fraction of sp³-hybridized carbons (Fsp3) is 0.500. The minimum absolute atomic E-state index is 0. The third kappa shape index (κ3) is 6.50. The molecule has 0 amide bonds. The van der Waals surface area contributed by atoms with E-state index in [-0.39, 0.29) is 24.0 Å². The van der Waals surface area contributed by atoms with Crippen LogP contribution in [0.15, 0.2) is 27.8 Å². The lowest BCUT2D eigenvalue weighted by Crippen LogP contribution is -2.38. The zero-order valence-corrected chi connectivity index (χ0v) is 17.0. The van der Waals surface area contributed by atoms with Crippen LogP contribution in [0.1, 0.15) is 35.2 Å². The maximum Gasteiger partial charge on any atom is 0.191 e. The Balaban J connectivity index is 0.00000264. The van der Waals surface area contributed by atoms with Crippen LogP contribution >= 0.6 is 35.3 Å². The number of hydrogen-bond acceptors (Lipinski definition) is 4. The normalized spacial score (nSPS) is 11.2. The van der Waals surface area contributed by atoms with Crippen LogP contribution in [0.2, 0.25) is 0 Å². The van der Waals surface area contributed by atoms with Crippen LogP contribution in [0.4, 0.5) is 0 Å². The summed E-state index contributed by atoms with van der Waals surface area (Å²) in [5, 5.41) is 7.77. The summed E-state index contributed by atoms with van der Waals surface area (Å²) in [6.07, 6.45) is 3.58. The standard InChI is InChI=1S/C16H24N4OS.HI/c1-4-14-12(3)22-15(20-14)8-9-18-16(17-5-2)19-11-13-7-6-10-21-13;/h6-7,10H,4-5,8-9,11H2,1-3H3,(H2,17,18,19);1H. The van der Waals surface area contributed by atoms with Gasteiger partial charge in [0, 0.05) is 24.4 Å². The summed E-state index contributed by atoms with van der Waals surface area (Å²) in [5.41, 5.74) is 1.22. The fourth-order valence-corrected chi connectivity index (χ4v) is 3.13. The molecule has 0 radical (unpaired) electrons. The van der Waals surface area contributed by atoms with E-state index in [0.717, 1.165) is 37.7 Å². The van der Waals surface area contributed by atoms with E-state index in [4.69, 9.17) is 4.42 Å². The predicted octanol–water partition coefficient (Wildman–Crippen LogP) is 3.52. The molecule has 7 heteroatoms. The second kappa shape index (κ2) is 10.6. The lowest BCUT2D eigenvalue weighted by Gasteiger charge is -2.10. The first kappa shape index (κ1) is 20.0. The molecule has 0 atom stereocenters.